The van der Waals surface area contributed by atoms with Crippen LogP contribution in [-0.4, -0.2) is 13.9 Å². The van der Waals surface area contributed by atoms with E-state index in [1.807, 2.05) is 6.07 Å². The molecule has 4 rings (SSSR count). The first-order valence-electron chi connectivity index (χ1n) is 11.5. The first kappa shape index (κ1) is 25.4. The van der Waals surface area contributed by atoms with Gasteiger partial charge < -0.3 is 4.18 Å². The lowest BCUT2D eigenvalue weighted by Crippen LogP contribution is -2.28. The molecule has 0 N–H and O–H groups in total. The fourth-order valence-electron chi connectivity index (χ4n) is 4.88. The van der Waals surface area contributed by atoms with Crippen LogP contribution in [0.4, 0.5) is 22.0 Å². The lowest BCUT2D eigenvalue weighted by molar-refractivity contribution is -0.0500. The Morgan fingerprint density at radius 3 is 2.29 bits per heavy atom. The van der Waals surface area contributed by atoms with Crippen LogP contribution in [-0.2, 0) is 10.1 Å². The molecule has 0 unspecified atom stereocenters. The summed E-state index contributed by atoms with van der Waals surface area (Å²) < 4.78 is 93.8. The molecule has 0 radical (unpaired) electrons. The Kier molecular flexibility index (Phi) is 7.09. The van der Waals surface area contributed by atoms with Crippen LogP contribution < -0.4 is 4.18 Å². The quantitative estimate of drug-likeness (QED) is 0.190. The molecular formula is C26H25F5O3S. The van der Waals surface area contributed by atoms with Crippen molar-refractivity contribution in [2.24, 2.45) is 5.92 Å². The highest BCUT2D eigenvalue weighted by Gasteiger charge is 2.49. The standard InChI is InChI=1S/C26H25F5O3S/c1-2-3-16-4-6-17(7-5-16)18-8-11-21(23(27)15-18)19-9-12-22-20(14-19)10-13-24(25(22)28)34-35(32,33)26(29,30)31/h8-17H,2-7H2,1H3. The second-order valence-corrected chi connectivity index (χ2v) is 10.6. The molecule has 3 aromatic rings. The van der Waals surface area contributed by atoms with Crippen molar-refractivity contribution in [2.45, 2.75) is 56.9 Å². The summed E-state index contributed by atoms with van der Waals surface area (Å²) in [7, 11) is -6.01. The van der Waals surface area contributed by atoms with Gasteiger partial charge in [-0.2, -0.15) is 21.6 Å². The molecule has 3 nitrogen and oxygen atoms in total. The van der Waals surface area contributed by atoms with Crippen molar-refractivity contribution < 1.29 is 34.6 Å². The summed E-state index contributed by atoms with van der Waals surface area (Å²) in [5.74, 6) is -1.65. The molecule has 0 bridgehead atoms. The Hall–Kier alpha value is -2.68. The Bertz CT molecular complexity index is 1330. The third kappa shape index (κ3) is 5.29. The fraction of sp³-hybridized carbons (Fsp3) is 0.385. The molecule has 0 spiro atoms. The van der Waals surface area contributed by atoms with Gasteiger partial charge in [0.1, 0.15) is 5.82 Å². The van der Waals surface area contributed by atoms with Crippen molar-refractivity contribution in [1.82, 2.24) is 0 Å². The van der Waals surface area contributed by atoms with Crippen molar-refractivity contribution in [3.63, 3.8) is 0 Å². The number of halogens is 5. The summed E-state index contributed by atoms with van der Waals surface area (Å²) in [4.78, 5) is 0. The van der Waals surface area contributed by atoms with Gasteiger partial charge in [-0.25, -0.2) is 8.78 Å². The van der Waals surface area contributed by atoms with Gasteiger partial charge in [-0.1, -0.05) is 50.1 Å². The molecule has 1 saturated carbocycles. The van der Waals surface area contributed by atoms with E-state index in [0.717, 1.165) is 43.2 Å². The van der Waals surface area contributed by atoms with Gasteiger partial charge in [0.2, 0.25) is 0 Å². The molecule has 1 aliphatic rings. The van der Waals surface area contributed by atoms with Crippen LogP contribution in [0.2, 0.25) is 0 Å². The molecule has 1 fully saturated rings. The largest absolute Gasteiger partial charge is 0.534 e. The van der Waals surface area contributed by atoms with Crippen LogP contribution in [0, 0.1) is 17.6 Å². The Morgan fingerprint density at radius 1 is 0.943 bits per heavy atom. The summed E-state index contributed by atoms with van der Waals surface area (Å²) in [6, 6.07) is 11.4. The van der Waals surface area contributed by atoms with Crippen molar-refractivity contribution in [3.05, 3.63) is 65.7 Å². The van der Waals surface area contributed by atoms with Gasteiger partial charge in [-0.05, 0) is 72.2 Å². The predicted molar refractivity (Wildman–Crippen MR) is 125 cm³/mol. The highest BCUT2D eigenvalue weighted by Crippen LogP contribution is 2.39. The van der Waals surface area contributed by atoms with Gasteiger partial charge in [-0.3, -0.25) is 0 Å². The van der Waals surface area contributed by atoms with E-state index in [-0.39, 0.29) is 10.8 Å². The summed E-state index contributed by atoms with van der Waals surface area (Å²) >= 11 is 0. The molecule has 0 amide bonds. The van der Waals surface area contributed by atoms with Crippen LogP contribution in [0.1, 0.15) is 56.9 Å². The smallest absolute Gasteiger partial charge is 0.373 e. The molecule has 188 valence electrons. The Morgan fingerprint density at radius 2 is 1.66 bits per heavy atom. The van der Waals surface area contributed by atoms with Crippen LogP contribution in [0.25, 0.3) is 21.9 Å². The van der Waals surface area contributed by atoms with Crippen LogP contribution >= 0.6 is 0 Å². The Balaban J connectivity index is 1.58. The molecule has 0 aromatic heterocycles. The summed E-state index contributed by atoms with van der Waals surface area (Å²) in [6.07, 6.45) is 6.77. The van der Waals surface area contributed by atoms with Gasteiger partial charge >= 0.3 is 15.6 Å². The SMILES string of the molecule is CCCC1CCC(c2ccc(-c3ccc4c(F)c(OS(=O)(=O)C(F)(F)F)ccc4c3)c(F)c2)CC1. The highest BCUT2D eigenvalue weighted by atomic mass is 32.2. The van der Waals surface area contributed by atoms with E-state index in [9.17, 15) is 26.0 Å². The maximum atomic E-state index is 15.1. The zero-order valence-electron chi connectivity index (χ0n) is 19.0. The van der Waals surface area contributed by atoms with E-state index in [1.165, 1.54) is 37.1 Å². The van der Waals surface area contributed by atoms with E-state index < -0.39 is 33.0 Å². The van der Waals surface area contributed by atoms with E-state index in [4.69, 9.17) is 0 Å². The molecule has 0 heterocycles. The van der Waals surface area contributed by atoms with Gasteiger partial charge in [-0.15, -0.1) is 0 Å². The minimum Gasteiger partial charge on any atom is -0.373 e. The molecule has 3 aromatic carbocycles. The number of rotatable bonds is 6. The van der Waals surface area contributed by atoms with Crippen molar-refractivity contribution in [2.75, 3.05) is 0 Å². The normalized spacial score (nSPS) is 19.1. The lowest BCUT2D eigenvalue weighted by Gasteiger charge is -2.28. The third-order valence-electron chi connectivity index (χ3n) is 6.72. The average Bonchev–Trinajstić information content (AvgIpc) is 2.80. The number of alkyl halides is 3. The third-order valence-corrected chi connectivity index (χ3v) is 7.69. The molecule has 1 aliphatic carbocycles. The molecule has 9 heteroatoms. The van der Waals surface area contributed by atoms with Gasteiger partial charge in [0.05, 0.1) is 0 Å². The van der Waals surface area contributed by atoms with Crippen LogP contribution in [0.5, 0.6) is 5.75 Å². The van der Waals surface area contributed by atoms with E-state index in [1.54, 1.807) is 12.1 Å². The van der Waals surface area contributed by atoms with Gasteiger partial charge in [0.15, 0.2) is 11.6 Å². The Labute approximate surface area is 201 Å². The number of fused-ring (bicyclic) bond motifs is 1. The monoisotopic (exact) mass is 512 g/mol. The molecule has 0 atom stereocenters. The van der Waals surface area contributed by atoms with E-state index in [0.29, 0.717) is 17.0 Å². The van der Waals surface area contributed by atoms with Crippen molar-refractivity contribution >= 4 is 20.9 Å². The molecular weight excluding hydrogens is 487 g/mol. The van der Waals surface area contributed by atoms with E-state index in [2.05, 4.69) is 11.1 Å². The molecule has 0 saturated heterocycles. The first-order chi connectivity index (χ1) is 16.5. The second kappa shape index (κ2) is 9.76. The van der Waals surface area contributed by atoms with Crippen molar-refractivity contribution in [1.29, 1.82) is 0 Å². The molecule has 0 aliphatic heterocycles. The summed E-state index contributed by atoms with van der Waals surface area (Å²) in [6.45, 7) is 2.19. The highest BCUT2D eigenvalue weighted by molar-refractivity contribution is 7.88. The van der Waals surface area contributed by atoms with Gasteiger partial charge in [0.25, 0.3) is 0 Å². The molecule has 35 heavy (non-hydrogen) atoms. The number of hydrogen-bond acceptors (Lipinski definition) is 3. The minimum absolute atomic E-state index is 0.149. The maximum absolute atomic E-state index is 15.1. The predicted octanol–water partition coefficient (Wildman–Crippen LogP) is 8.09. The van der Waals surface area contributed by atoms with Gasteiger partial charge in [0, 0.05) is 10.9 Å². The number of benzene rings is 3. The van der Waals surface area contributed by atoms with E-state index >= 15 is 4.39 Å². The summed E-state index contributed by atoms with van der Waals surface area (Å²) in [5.41, 5.74) is -3.95. The fourth-order valence-corrected chi connectivity index (χ4v) is 5.34. The average molecular weight is 513 g/mol. The van der Waals surface area contributed by atoms with Crippen molar-refractivity contribution in [3.8, 4) is 16.9 Å². The topological polar surface area (TPSA) is 43.4 Å². The first-order valence-corrected chi connectivity index (χ1v) is 12.9. The zero-order chi connectivity index (χ0) is 25.4. The lowest BCUT2D eigenvalue weighted by atomic mass is 9.77. The van der Waals surface area contributed by atoms with Crippen LogP contribution in [0.15, 0.2) is 48.5 Å². The maximum Gasteiger partial charge on any atom is 0.534 e. The minimum atomic E-state index is -6.01. The second-order valence-electron chi connectivity index (χ2n) is 9.04. The number of hydrogen-bond donors (Lipinski definition) is 0. The summed E-state index contributed by atoms with van der Waals surface area (Å²) in [5, 5.41) is 0.110. The zero-order valence-corrected chi connectivity index (χ0v) is 19.9. The van der Waals surface area contributed by atoms with Crippen LogP contribution in [0.3, 0.4) is 0 Å².